The third kappa shape index (κ3) is 6.60. The van der Waals surface area contributed by atoms with Crippen molar-refractivity contribution in [3.8, 4) is 11.5 Å². The second kappa shape index (κ2) is 13.2. The van der Waals surface area contributed by atoms with E-state index >= 15 is 0 Å². The van der Waals surface area contributed by atoms with E-state index in [-0.39, 0.29) is 30.9 Å². The van der Waals surface area contributed by atoms with Crippen LogP contribution in [0, 0.1) is 0 Å². The van der Waals surface area contributed by atoms with E-state index in [0.717, 1.165) is 28.6 Å². The predicted molar refractivity (Wildman–Crippen MR) is 146 cm³/mol. The van der Waals surface area contributed by atoms with Gasteiger partial charge in [0.05, 0.1) is 30.8 Å². The second-order valence-electron chi connectivity index (χ2n) is 8.16. The number of nitrogens with zero attached hydrogens (tertiary/aromatic N) is 3. The summed E-state index contributed by atoms with van der Waals surface area (Å²) in [6.45, 7) is 5.17. The van der Waals surface area contributed by atoms with E-state index in [4.69, 9.17) is 9.47 Å². The highest BCUT2D eigenvalue weighted by Gasteiger charge is 2.21. The molecule has 0 aliphatic heterocycles. The van der Waals surface area contributed by atoms with Gasteiger partial charge in [0.1, 0.15) is 12.9 Å². The first-order valence-electron chi connectivity index (χ1n) is 11.3. The molecule has 6 nitrogen and oxygen atoms in total. The summed E-state index contributed by atoms with van der Waals surface area (Å²) in [5.41, 5.74) is 3.81. The molecule has 0 amide bonds. The SMILES string of the molecule is CCC(C)N(CC(O)c1ccc(OCc2ccccc2)c(OC)c1)n1cnc2ccccc21.Cl.Cl. The smallest absolute Gasteiger partial charge is 0.161 e. The molecule has 3 aromatic carbocycles. The fourth-order valence-corrected chi connectivity index (χ4v) is 3.87. The monoisotopic (exact) mass is 517 g/mol. The molecule has 0 saturated carbocycles. The summed E-state index contributed by atoms with van der Waals surface area (Å²) < 4.78 is 13.6. The van der Waals surface area contributed by atoms with E-state index in [1.807, 2.05) is 83.8 Å². The average Bonchev–Trinajstić information content (AvgIpc) is 3.29. The molecule has 4 rings (SSSR count). The van der Waals surface area contributed by atoms with Gasteiger partial charge < -0.3 is 19.6 Å². The first-order chi connectivity index (χ1) is 16.1. The van der Waals surface area contributed by atoms with Crippen LogP contribution in [0.15, 0.2) is 79.1 Å². The van der Waals surface area contributed by atoms with E-state index < -0.39 is 6.10 Å². The zero-order valence-electron chi connectivity index (χ0n) is 20.2. The first-order valence-corrected chi connectivity index (χ1v) is 11.3. The number of hydrogen-bond donors (Lipinski definition) is 1. The number of imidazole rings is 1. The Kier molecular flexibility index (Phi) is 10.7. The maximum atomic E-state index is 11.2. The maximum absolute atomic E-state index is 11.2. The lowest BCUT2D eigenvalue weighted by Gasteiger charge is -2.33. The summed E-state index contributed by atoms with van der Waals surface area (Å²) in [4.78, 5) is 4.52. The fraction of sp³-hybridized carbons (Fsp3) is 0.296. The molecule has 0 radical (unpaired) electrons. The number of aromatic nitrogens is 2. The van der Waals surface area contributed by atoms with Crippen molar-refractivity contribution < 1.29 is 14.6 Å². The lowest BCUT2D eigenvalue weighted by Crippen LogP contribution is -2.44. The van der Waals surface area contributed by atoms with Crippen LogP contribution in [0.3, 0.4) is 0 Å². The highest BCUT2D eigenvalue weighted by molar-refractivity contribution is 5.85. The zero-order valence-corrected chi connectivity index (χ0v) is 21.8. The van der Waals surface area contributed by atoms with Crippen LogP contribution < -0.4 is 14.5 Å². The van der Waals surface area contributed by atoms with Gasteiger partial charge in [-0.15, -0.1) is 24.8 Å². The number of hydrogen-bond acceptors (Lipinski definition) is 5. The minimum Gasteiger partial charge on any atom is -0.493 e. The molecule has 2 unspecified atom stereocenters. The number of benzene rings is 3. The molecule has 2 atom stereocenters. The van der Waals surface area contributed by atoms with Gasteiger partial charge in [-0.2, -0.15) is 0 Å². The normalized spacial score (nSPS) is 12.2. The molecule has 1 heterocycles. The average molecular weight is 518 g/mol. The molecule has 0 aliphatic carbocycles. The maximum Gasteiger partial charge on any atom is 0.161 e. The summed E-state index contributed by atoms with van der Waals surface area (Å²) in [5, 5.41) is 13.3. The highest BCUT2D eigenvalue weighted by atomic mass is 35.5. The molecular formula is C27H33Cl2N3O3. The molecule has 1 aromatic heterocycles. The number of aliphatic hydroxyl groups is 1. The second-order valence-corrected chi connectivity index (χ2v) is 8.16. The number of halogens is 2. The number of methoxy groups -OCH3 is 1. The number of aliphatic hydroxyl groups excluding tert-OH is 1. The summed E-state index contributed by atoms with van der Waals surface area (Å²) in [5.74, 6) is 1.25. The van der Waals surface area contributed by atoms with Crippen LogP contribution in [0.5, 0.6) is 11.5 Å². The van der Waals surface area contributed by atoms with Crippen LogP contribution in [-0.2, 0) is 6.61 Å². The van der Waals surface area contributed by atoms with E-state index in [2.05, 4.69) is 23.8 Å². The van der Waals surface area contributed by atoms with Crippen molar-refractivity contribution >= 4 is 35.8 Å². The van der Waals surface area contributed by atoms with Gasteiger partial charge in [-0.3, -0.25) is 0 Å². The van der Waals surface area contributed by atoms with Gasteiger partial charge in [0, 0.05) is 6.04 Å². The lowest BCUT2D eigenvalue weighted by atomic mass is 10.1. The van der Waals surface area contributed by atoms with Gasteiger partial charge in [0.15, 0.2) is 11.5 Å². The Morgan fingerprint density at radius 3 is 2.40 bits per heavy atom. The summed E-state index contributed by atoms with van der Waals surface area (Å²) in [6, 6.07) is 23.9. The van der Waals surface area contributed by atoms with Crippen molar-refractivity contribution in [3.05, 3.63) is 90.3 Å². The third-order valence-electron chi connectivity index (χ3n) is 5.98. The van der Waals surface area contributed by atoms with Crippen molar-refractivity contribution in [2.24, 2.45) is 0 Å². The number of para-hydroxylation sites is 2. The van der Waals surface area contributed by atoms with E-state index in [0.29, 0.717) is 24.7 Å². The number of ether oxygens (including phenoxy) is 2. The molecule has 0 fully saturated rings. The van der Waals surface area contributed by atoms with E-state index in [1.54, 1.807) is 7.11 Å². The highest BCUT2D eigenvalue weighted by Crippen LogP contribution is 2.31. The van der Waals surface area contributed by atoms with Crippen LogP contribution in [0.2, 0.25) is 0 Å². The molecule has 0 aliphatic rings. The van der Waals surface area contributed by atoms with Crippen molar-refractivity contribution in [2.75, 3.05) is 18.7 Å². The predicted octanol–water partition coefficient (Wildman–Crippen LogP) is 5.94. The van der Waals surface area contributed by atoms with Crippen LogP contribution in [0.1, 0.15) is 37.5 Å². The van der Waals surface area contributed by atoms with Crippen LogP contribution in [0.25, 0.3) is 11.0 Å². The first kappa shape index (κ1) is 28.3. The van der Waals surface area contributed by atoms with Gasteiger partial charge in [-0.25, -0.2) is 9.66 Å². The van der Waals surface area contributed by atoms with Gasteiger partial charge in [-0.1, -0.05) is 55.5 Å². The zero-order chi connectivity index (χ0) is 23.2. The molecule has 35 heavy (non-hydrogen) atoms. The molecule has 1 N–H and O–H groups in total. The number of rotatable bonds is 10. The van der Waals surface area contributed by atoms with E-state index in [1.165, 1.54) is 0 Å². The molecule has 4 aromatic rings. The topological polar surface area (TPSA) is 59.8 Å². The Balaban J connectivity index is 0.00000216. The summed E-state index contributed by atoms with van der Waals surface area (Å²) in [6.07, 6.45) is 2.05. The Bertz CT molecular complexity index is 1190. The van der Waals surface area contributed by atoms with Crippen molar-refractivity contribution in [1.82, 2.24) is 9.66 Å². The Labute approximate surface area is 219 Å². The van der Waals surface area contributed by atoms with Gasteiger partial charge in [0.25, 0.3) is 0 Å². The minimum atomic E-state index is -0.711. The standard InChI is InChI=1S/C27H31N3O3.2ClH/c1-4-20(2)29(30-19-28-23-12-8-9-13-24(23)30)17-25(31)22-14-15-26(27(16-22)32-3)33-18-21-10-6-5-7-11-21;;/h5-16,19-20,25,31H,4,17-18H2,1-3H3;2*1H. The van der Waals surface area contributed by atoms with Crippen LogP contribution in [-0.4, -0.2) is 34.5 Å². The molecule has 188 valence electrons. The largest absolute Gasteiger partial charge is 0.493 e. The van der Waals surface area contributed by atoms with Crippen LogP contribution >= 0.6 is 24.8 Å². The summed E-state index contributed by atoms with van der Waals surface area (Å²) >= 11 is 0. The molecule has 0 saturated heterocycles. The molecule has 8 heteroatoms. The Morgan fingerprint density at radius 2 is 1.69 bits per heavy atom. The van der Waals surface area contributed by atoms with Crippen molar-refractivity contribution in [1.29, 1.82) is 0 Å². The molecule has 0 spiro atoms. The van der Waals surface area contributed by atoms with Gasteiger partial charge >= 0.3 is 0 Å². The van der Waals surface area contributed by atoms with Crippen LogP contribution in [0.4, 0.5) is 0 Å². The number of fused-ring (bicyclic) bond motifs is 1. The Hall–Kier alpha value is -2.93. The molecular weight excluding hydrogens is 485 g/mol. The van der Waals surface area contributed by atoms with Gasteiger partial charge in [-0.05, 0) is 48.7 Å². The quantitative estimate of drug-likeness (QED) is 0.282. The van der Waals surface area contributed by atoms with Crippen molar-refractivity contribution in [3.63, 3.8) is 0 Å². The van der Waals surface area contributed by atoms with Gasteiger partial charge in [0.2, 0.25) is 0 Å². The minimum absolute atomic E-state index is 0. The third-order valence-corrected chi connectivity index (χ3v) is 5.98. The fourth-order valence-electron chi connectivity index (χ4n) is 3.87. The lowest BCUT2D eigenvalue weighted by molar-refractivity contribution is 0.171. The van der Waals surface area contributed by atoms with Crippen molar-refractivity contribution in [2.45, 2.75) is 39.0 Å². The van der Waals surface area contributed by atoms with E-state index in [9.17, 15) is 5.11 Å². The summed E-state index contributed by atoms with van der Waals surface area (Å²) in [7, 11) is 1.62. The Morgan fingerprint density at radius 1 is 0.971 bits per heavy atom. The molecule has 0 bridgehead atoms.